The van der Waals surface area contributed by atoms with E-state index in [1.54, 1.807) is 5.19 Å². The third-order valence-electron chi connectivity index (χ3n) is 4.51. The predicted molar refractivity (Wildman–Crippen MR) is 102 cm³/mol. The first-order valence-electron chi connectivity index (χ1n) is 7.88. The van der Waals surface area contributed by atoms with Crippen molar-refractivity contribution in [3.05, 3.63) is 66.7 Å². The average molecular weight is 300 g/mol. The fourth-order valence-electron chi connectivity index (χ4n) is 3.37. The maximum absolute atomic E-state index is 2.42. The molecule has 0 saturated carbocycles. The van der Waals surface area contributed by atoms with E-state index in [4.69, 9.17) is 0 Å². The van der Waals surface area contributed by atoms with Crippen LogP contribution in [0.2, 0.25) is 19.6 Å². The highest BCUT2D eigenvalue weighted by atomic mass is 28.3. The zero-order valence-electron chi connectivity index (χ0n) is 13.4. The van der Waals surface area contributed by atoms with Gasteiger partial charge in [0.2, 0.25) is 0 Å². The highest BCUT2D eigenvalue weighted by Gasteiger charge is 2.19. The first-order valence-corrected chi connectivity index (χ1v) is 11.4. The molecule has 0 saturated heterocycles. The van der Waals surface area contributed by atoms with Crippen LogP contribution in [0, 0.1) is 0 Å². The van der Waals surface area contributed by atoms with Crippen molar-refractivity contribution in [3.63, 3.8) is 0 Å². The number of rotatable bonds is 1. The van der Waals surface area contributed by atoms with Gasteiger partial charge in [0.25, 0.3) is 0 Å². The zero-order chi connectivity index (χ0) is 15.3. The molecule has 0 aromatic heterocycles. The lowest BCUT2D eigenvalue weighted by atomic mass is 10.00. The van der Waals surface area contributed by atoms with E-state index in [9.17, 15) is 0 Å². The van der Waals surface area contributed by atoms with Crippen LogP contribution in [0.3, 0.4) is 0 Å². The Bertz CT molecular complexity index is 1010. The molecule has 0 spiro atoms. The lowest BCUT2D eigenvalue weighted by Gasteiger charge is -2.19. The van der Waals surface area contributed by atoms with E-state index in [0.717, 1.165) is 0 Å². The molecule has 4 aromatic rings. The zero-order valence-corrected chi connectivity index (χ0v) is 14.4. The molecule has 1 heteroatoms. The fraction of sp³-hybridized carbons (Fsp3) is 0.143. The van der Waals surface area contributed by atoms with Gasteiger partial charge >= 0.3 is 0 Å². The fourth-order valence-corrected chi connectivity index (χ4v) is 4.99. The van der Waals surface area contributed by atoms with Gasteiger partial charge in [-0.1, -0.05) is 67.3 Å². The van der Waals surface area contributed by atoms with E-state index in [1.807, 2.05) is 0 Å². The molecule has 0 N–H and O–H groups in total. The molecule has 108 valence electrons. The van der Waals surface area contributed by atoms with Crippen LogP contribution < -0.4 is 5.19 Å². The summed E-state index contributed by atoms with van der Waals surface area (Å²) in [5.74, 6) is 0. The SMILES string of the molecule is C[Si](C)(C)c1cccc2cc3cc4ccccc4cc3cc12. The first kappa shape index (κ1) is 13.5. The van der Waals surface area contributed by atoms with Crippen molar-refractivity contribution in [1.29, 1.82) is 0 Å². The second kappa shape index (κ2) is 4.69. The van der Waals surface area contributed by atoms with E-state index >= 15 is 0 Å². The topological polar surface area (TPSA) is 0 Å². The molecule has 22 heavy (non-hydrogen) atoms. The van der Waals surface area contributed by atoms with Crippen LogP contribution in [0.15, 0.2) is 66.7 Å². The minimum Gasteiger partial charge on any atom is -0.0656 e. The summed E-state index contributed by atoms with van der Waals surface area (Å²) in [6.45, 7) is 7.27. The van der Waals surface area contributed by atoms with Crippen molar-refractivity contribution in [1.82, 2.24) is 0 Å². The van der Waals surface area contributed by atoms with Crippen LogP contribution in [0.5, 0.6) is 0 Å². The Hall–Kier alpha value is -2.12. The third kappa shape index (κ3) is 2.13. The van der Waals surface area contributed by atoms with Gasteiger partial charge in [0.05, 0.1) is 8.07 Å². The lowest BCUT2D eigenvalue weighted by Crippen LogP contribution is -2.37. The quantitative estimate of drug-likeness (QED) is 0.313. The Morgan fingerprint density at radius 3 is 1.73 bits per heavy atom. The standard InChI is InChI=1S/C21H20Si/c1-22(2,3)21-10-6-9-17-13-18-11-15-7-4-5-8-16(15)12-19(18)14-20(17)21/h4-14H,1-3H3. The Morgan fingerprint density at radius 1 is 0.545 bits per heavy atom. The molecule has 4 aromatic carbocycles. The molecule has 0 radical (unpaired) electrons. The Morgan fingerprint density at radius 2 is 1.09 bits per heavy atom. The summed E-state index contributed by atoms with van der Waals surface area (Å²) in [6.07, 6.45) is 0. The van der Waals surface area contributed by atoms with Crippen LogP contribution in [0.4, 0.5) is 0 Å². The predicted octanol–water partition coefficient (Wildman–Crippen LogP) is 5.69. The molecular formula is C21H20Si. The summed E-state index contributed by atoms with van der Waals surface area (Å²) < 4.78 is 0. The molecule has 0 aliphatic rings. The molecular weight excluding hydrogens is 280 g/mol. The summed E-state index contributed by atoms with van der Waals surface area (Å²) >= 11 is 0. The number of fused-ring (bicyclic) bond motifs is 3. The molecule has 0 fully saturated rings. The largest absolute Gasteiger partial charge is 0.0784 e. The van der Waals surface area contributed by atoms with Crippen molar-refractivity contribution in [2.75, 3.05) is 0 Å². The van der Waals surface area contributed by atoms with Gasteiger partial charge in [0, 0.05) is 0 Å². The lowest BCUT2D eigenvalue weighted by molar-refractivity contribution is 1.72. The van der Waals surface area contributed by atoms with Gasteiger partial charge in [-0.15, -0.1) is 0 Å². The molecule has 0 aliphatic heterocycles. The van der Waals surface area contributed by atoms with Crippen molar-refractivity contribution >= 4 is 45.6 Å². The monoisotopic (exact) mass is 300 g/mol. The van der Waals surface area contributed by atoms with Crippen LogP contribution >= 0.6 is 0 Å². The van der Waals surface area contributed by atoms with E-state index in [1.165, 1.54) is 32.3 Å². The maximum atomic E-state index is 2.42. The van der Waals surface area contributed by atoms with Gasteiger partial charge in [-0.2, -0.15) is 0 Å². The molecule has 0 bridgehead atoms. The molecule has 0 unspecified atom stereocenters. The van der Waals surface area contributed by atoms with Crippen LogP contribution in [-0.2, 0) is 0 Å². The normalized spacial score (nSPS) is 12.3. The van der Waals surface area contributed by atoms with Gasteiger partial charge in [-0.05, 0) is 56.6 Å². The van der Waals surface area contributed by atoms with E-state index in [0.29, 0.717) is 0 Å². The minimum atomic E-state index is -1.34. The number of benzene rings is 4. The summed E-state index contributed by atoms with van der Waals surface area (Å²) in [4.78, 5) is 0. The van der Waals surface area contributed by atoms with Crippen LogP contribution in [0.1, 0.15) is 0 Å². The Balaban J connectivity index is 2.13. The second-order valence-corrected chi connectivity index (χ2v) is 12.2. The van der Waals surface area contributed by atoms with Crippen molar-refractivity contribution in [3.8, 4) is 0 Å². The molecule has 4 rings (SSSR count). The van der Waals surface area contributed by atoms with Gasteiger partial charge in [0.15, 0.2) is 0 Å². The summed E-state index contributed by atoms with van der Waals surface area (Å²) in [7, 11) is -1.34. The molecule has 0 aliphatic carbocycles. The van der Waals surface area contributed by atoms with E-state index in [2.05, 4.69) is 86.4 Å². The van der Waals surface area contributed by atoms with Gasteiger partial charge in [-0.3, -0.25) is 0 Å². The Kier molecular flexibility index (Phi) is 2.88. The molecule has 0 heterocycles. The smallest absolute Gasteiger partial charge is 0.0656 e. The van der Waals surface area contributed by atoms with Crippen LogP contribution in [0.25, 0.3) is 32.3 Å². The molecule has 0 atom stereocenters. The maximum Gasteiger partial charge on any atom is 0.0784 e. The van der Waals surface area contributed by atoms with Gasteiger partial charge in [-0.25, -0.2) is 0 Å². The third-order valence-corrected chi connectivity index (χ3v) is 6.56. The van der Waals surface area contributed by atoms with Crippen LogP contribution in [-0.4, -0.2) is 8.07 Å². The molecule has 0 amide bonds. The van der Waals surface area contributed by atoms with Crippen molar-refractivity contribution < 1.29 is 0 Å². The molecule has 0 nitrogen and oxygen atoms in total. The number of hydrogen-bond donors (Lipinski definition) is 0. The summed E-state index contributed by atoms with van der Waals surface area (Å²) in [5.41, 5.74) is 0. The van der Waals surface area contributed by atoms with E-state index in [-0.39, 0.29) is 0 Å². The number of hydrogen-bond acceptors (Lipinski definition) is 0. The highest BCUT2D eigenvalue weighted by molar-refractivity contribution is 6.90. The Labute approximate surface area is 132 Å². The summed E-state index contributed by atoms with van der Waals surface area (Å²) in [6, 6.07) is 24.8. The second-order valence-electron chi connectivity index (χ2n) is 7.18. The van der Waals surface area contributed by atoms with Crippen molar-refractivity contribution in [2.24, 2.45) is 0 Å². The first-order chi connectivity index (χ1) is 10.5. The average Bonchev–Trinajstić information content (AvgIpc) is 2.49. The van der Waals surface area contributed by atoms with Gasteiger partial charge < -0.3 is 0 Å². The van der Waals surface area contributed by atoms with Gasteiger partial charge in [0.1, 0.15) is 0 Å². The minimum absolute atomic E-state index is 1.32. The van der Waals surface area contributed by atoms with Crippen molar-refractivity contribution in [2.45, 2.75) is 19.6 Å². The van der Waals surface area contributed by atoms with E-state index < -0.39 is 8.07 Å². The highest BCUT2D eigenvalue weighted by Crippen LogP contribution is 2.27. The summed E-state index contributed by atoms with van der Waals surface area (Å²) in [5, 5.41) is 9.67.